The van der Waals surface area contributed by atoms with Gasteiger partial charge in [-0.25, -0.2) is 9.50 Å². The van der Waals surface area contributed by atoms with Crippen molar-refractivity contribution < 1.29 is 19.1 Å². The molecule has 9 nitrogen and oxygen atoms in total. The van der Waals surface area contributed by atoms with Crippen LogP contribution < -0.4 is 10.1 Å². The molecule has 9 heteroatoms. The topological polar surface area (TPSA) is 108 Å². The van der Waals surface area contributed by atoms with Crippen LogP contribution in [0.1, 0.15) is 73.8 Å². The predicted molar refractivity (Wildman–Crippen MR) is 151 cm³/mol. The second-order valence-corrected chi connectivity index (χ2v) is 11.4. The molecule has 1 aliphatic heterocycles. The van der Waals surface area contributed by atoms with Crippen LogP contribution in [0.3, 0.4) is 0 Å². The van der Waals surface area contributed by atoms with Gasteiger partial charge in [-0.05, 0) is 82.2 Å². The van der Waals surface area contributed by atoms with E-state index in [2.05, 4.69) is 39.4 Å². The van der Waals surface area contributed by atoms with E-state index in [0.717, 1.165) is 62.2 Å². The summed E-state index contributed by atoms with van der Waals surface area (Å²) in [6.07, 6.45) is 6.83. The number of aryl methyl sites for hydroxylation is 4. The number of cyclic esters (lactones) is 1. The summed E-state index contributed by atoms with van der Waals surface area (Å²) in [5, 5.41) is 7.63. The molecule has 2 unspecified atom stereocenters. The first kappa shape index (κ1) is 28.2. The van der Waals surface area contributed by atoms with Crippen molar-refractivity contribution in [3.63, 3.8) is 0 Å². The summed E-state index contributed by atoms with van der Waals surface area (Å²) in [5.41, 5.74) is 3.34. The minimum Gasteiger partial charge on any atom is -0.492 e. The molecular formula is C31H41N5O4. The molecule has 214 valence electrons. The zero-order valence-corrected chi connectivity index (χ0v) is 24.2. The highest BCUT2D eigenvalue weighted by molar-refractivity contribution is 6.01. The van der Waals surface area contributed by atoms with Gasteiger partial charge in [-0.3, -0.25) is 9.59 Å². The quantitative estimate of drug-likeness (QED) is 0.217. The summed E-state index contributed by atoms with van der Waals surface area (Å²) in [6, 6.07) is 8.26. The Bertz CT molecular complexity index is 1360. The number of nitrogens with zero attached hydrogens (tertiary/aromatic N) is 4. The van der Waals surface area contributed by atoms with Crippen LogP contribution in [0.4, 0.5) is 0 Å². The second kappa shape index (κ2) is 12.0. The van der Waals surface area contributed by atoms with Gasteiger partial charge in [0.05, 0.1) is 0 Å². The fourth-order valence-corrected chi connectivity index (χ4v) is 6.38. The molecule has 0 radical (unpaired) electrons. The Hall–Kier alpha value is -3.33. The van der Waals surface area contributed by atoms with Crippen LogP contribution in [0.15, 0.2) is 24.3 Å². The molecule has 1 saturated carbocycles. The summed E-state index contributed by atoms with van der Waals surface area (Å²) in [7, 11) is 1.91. The average Bonchev–Trinajstić information content (AvgIpc) is 3.61. The number of rotatable bonds is 11. The summed E-state index contributed by atoms with van der Waals surface area (Å²) in [5.74, 6) is 0.655. The van der Waals surface area contributed by atoms with E-state index in [1.807, 2.05) is 33.0 Å². The number of fused-ring (bicyclic) bond motifs is 1. The van der Waals surface area contributed by atoms with E-state index in [1.165, 1.54) is 11.1 Å². The third kappa shape index (κ3) is 5.89. The van der Waals surface area contributed by atoms with Crippen molar-refractivity contribution in [1.82, 2.24) is 24.9 Å². The number of benzene rings is 1. The van der Waals surface area contributed by atoms with Gasteiger partial charge in [0.1, 0.15) is 23.9 Å². The lowest BCUT2D eigenvalue weighted by Gasteiger charge is -2.43. The van der Waals surface area contributed by atoms with E-state index >= 15 is 0 Å². The first-order valence-electron chi connectivity index (χ1n) is 14.7. The summed E-state index contributed by atoms with van der Waals surface area (Å²) in [6.45, 7) is 7.38. The number of Topliss-reactive ketones (excluding diaryl/α,β-unsaturated/α-hetero) is 1. The van der Waals surface area contributed by atoms with Gasteiger partial charge in [0, 0.05) is 30.8 Å². The molecule has 2 fully saturated rings. The first-order chi connectivity index (χ1) is 19.3. The number of ether oxygens (including phenoxy) is 2. The van der Waals surface area contributed by atoms with Gasteiger partial charge in [0.15, 0.2) is 11.6 Å². The van der Waals surface area contributed by atoms with E-state index < -0.39 is 17.5 Å². The standard InChI is InChI=1S/C31H41N5O4/c1-5-23-17-22(10-11-27(23)39-15-14-32-4)12-13-31(24-8-6-7-9-24)19-26(37)25(29(38)40-31)18-28-34-30-33-20(2)16-21(3)36(30)35-28/h10-11,16-17,24-25,32H,5-9,12-15,18-19H2,1-4H3. The van der Waals surface area contributed by atoms with Crippen molar-refractivity contribution in [3.05, 3.63) is 52.6 Å². The Morgan fingerprint density at radius 3 is 2.67 bits per heavy atom. The number of carbonyl (C=O) groups excluding carboxylic acids is 2. The maximum absolute atomic E-state index is 13.6. The highest BCUT2D eigenvalue weighted by atomic mass is 16.6. The third-order valence-corrected chi connectivity index (χ3v) is 8.55. The summed E-state index contributed by atoms with van der Waals surface area (Å²) in [4.78, 5) is 36.0. The number of hydrogen-bond donors (Lipinski definition) is 1. The molecule has 1 saturated heterocycles. The molecule has 3 heterocycles. The van der Waals surface area contributed by atoms with Gasteiger partial charge >= 0.3 is 5.97 Å². The maximum atomic E-state index is 13.6. The van der Waals surface area contributed by atoms with Gasteiger partial charge in [0.25, 0.3) is 5.78 Å². The number of aromatic nitrogens is 4. The SMILES string of the molecule is CCc1cc(CCC2(C3CCCC3)CC(=O)C(Cc3nc4nc(C)cc(C)n4n3)C(=O)O2)ccc1OCCNC. The largest absolute Gasteiger partial charge is 0.492 e. The number of carbonyl (C=O) groups is 2. The molecule has 40 heavy (non-hydrogen) atoms. The van der Waals surface area contributed by atoms with E-state index in [0.29, 0.717) is 24.6 Å². The molecular weight excluding hydrogens is 506 g/mol. The predicted octanol–water partition coefficient (Wildman–Crippen LogP) is 4.14. The first-order valence-corrected chi connectivity index (χ1v) is 14.7. The highest BCUT2D eigenvalue weighted by Crippen LogP contribution is 2.45. The molecule has 2 aliphatic rings. The number of nitrogens with one attached hydrogen (secondary N) is 1. The molecule has 5 rings (SSSR count). The van der Waals surface area contributed by atoms with Crippen LogP contribution in [0.2, 0.25) is 0 Å². The Morgan fingerprint density at radius 1 is 1.15 bits per heavy atom. The third-order valence-electron chi connectivity index (χ3n) is 8.55. The Balaban J connectivity index is 1.32. The Kier molecular flexibility index (Phi) is 8.49. The lowest BCUT2D eigenvalue weighted by Crippen LogP contribution is -2.52. The summed E-state index contributed by atoms with van der Waals surface area (Å²) < 4.78 is 13.9. The van der Waals surface area contributed by atoms with E-state index in [4.69, 9.17) is 9.47 Å². The smallest absolute Gasteiger partial charge is 0.317 e. The van der Waals surface area contributed by atoms with E-state index in [-0.39, 0.29) is 24.5 Å². The number of hydrogen-bond acceptors (Lipinski definition) is 8. The molecule has 2 atom stereocenters. The Labute approximate surface area is 236 Å². The maximum Gasteiger partial charge on any atom is 0.317 e. The number of likely N-dealkylation sites (N-methyl/N-ethyl adjacent to an activating group) is 1. The van der Waals surface area contributed by atoms with Crippen LogP contribution in [0.5, 0.6) is 5.75 Å². The zero-order chi connectivity index (χ0) is 28.3. The van der Waals surface area contributed by atoms with Crippen LogP contribution >= 0.6 is 0 Å². The van der Waals surface area contributed by atoms with Gasteiger partial charge < -0.3 is 14.8 Å². The molecule has 0 spiro atoms. The van der Waals surface area contributed by atoms with E-state index in [9.17, 15) is 9.59 Å². The molecule has 3 aromatic rings. The number of esters is 1. The molecule has 0 amide bonds. The monoisotopic (exact) mass is 547 g/mol. The van der Waals surface area contributed by atoms with Gasteiger partial charge in [-0.1, -0.05) is 31.9 Å². The molecule has 2 aromatic heterocycles. The van der Waals surface area contributed by atoms with Crippen molar-refractivity contribution in [2.75, 3.05) is 20.2 Å². The van der Waals surface area contributed by atoms with Crippen molar-refractivity contribution in [1.29, 1.82) is 0 Å². The highest BCUT2D eigenvalue weighted by Gasteiger charge is 2.51. The second-order valence-electron chi connectivity index (χ2n) is 11.4. The van der Waals surface area contributed by atoms with E-state index in [1.54, 1.807) is 4.52 Å². The minimum absolute atomic E-state index is 0.0644. The van der Waals surface area contributed by atoms with Crippen molar-refractivity contribution >= 4 is 17.5 Å². The molecule has 1 N–H and O–H groups in total. The zero-order valence-electron chi connectivity index (χ0n) is 24.2. The normalized spacial score (nSPS) is 21.8. The fraction of sp³-hybridized carbons (Fsp3) is 0.581. The lowest BCUT2D eigenvalue weighted by atomic mass is 9.73. The van der Waals surface area contributed by atoms with Crippen molar-refractivity contribution in [2.45, 2.75) is 84.2 Å². The lowest BCUT2D eigenvalue weighted by molar-refractivity contribution is -0.185. The Morgan fingerprint density at radius 2 is 1.95 bits per heavy atom. The van der Waals surface area contributed by atoms with Crippen LogP contribution in [0.25, 0.3) is 5.78 Å². The molecule has 1 aliphatic carbocycles. The fourth-order valence-electron chi connectivity index (χ4n) is 6.38. The van der Waals surface area contributed by atoms with Gasteiger partial charge in [-0.15, -0.1) is 5.10 Å². The molecule has 0 bridgehead atoms. The average molecular weight is 548 g/mol. The van der Waals surface area contributed by atoms with Crippen LogP contribution in [-0.2, 0) is 33.6 Å². The molecule has 1 aromatic carbocycles. The van der Waals surface area contributed by atoms with Crippen molar-refractivity contribution in [2.24, 2.45) is 11.8 Å². The number of ketones is 1. The minimum atomic E-state index is -0.880. The van der Waals surface area contributed by atoms with Gasteiger partial charge in [0.2, 0.25) is 0 Å². The summed E-state index contributed by atoms with van der Waals surface area (Å²) >= 11 is 0. The van der Waals surface area contributed by atoms with Crippen molar-refractivity contribution in [3.8, 4) is 5.75 Å². The van der Waals surface area contributed by atoms with Crippen LogP contribution in [0, 0.1) is 25.7 Å². The van der Waals surface area contributed by atoms with Crippen LogP contribution in [-0.4, -0.2) is 57.1 Å². The van der Waals surface area contributed by atoms with Gasteiger partial charge in [-0.2, -0.15) is 4.98 Å².